The smallest absolute Gasteiger partial charge is 0.326 e. The molecule has 0 aliphatic carbocycles. The SMILES string of the molecule is Cc1cc(Br)ccc1C(=O)NC(CC(N)=O)C(=O)O. The van der Waals surface area contributed by atoms with Crippen LogP contribution in [0.15, 0.2) is 22.7 Å². The van der Waals surface area contributed by atoms with Crippen LogP contribution in [0.25, 0.3) is 0 Å². The molecule has 2 amide bonds. The zero-order chi connectivity index (χ0) is 14.6. The van der Waals surface area contributed by atoms with Crippen LogP contribution in [0.5, 0.6) is 0 Å². The molecule has 1 unspecified atom stereocenters. The van der Waals surface area contributed by atoms with E-state index in [2.05, 4.69) is 21.2 Å². The van der Waals surface area contributed by atoms with E-state index in [1.165, 1.54) is 0 Å². The Morgan fingerprint density at radius 2 is 2.05 bits per heavy atom. The van der Waals surface area contributed by atoms with Crippen LogP contribution in [0.3, 0.4) is 0 Å². The summed E-state index contributed by atoms with van der Waals surface area (Å²) in [7, 11) is 0. The van der Waals surface area contributed by atoms with E-state index in [1.807, 2.05) is 0 Å². The number of benzene rings is 1. The molecule has 0 heterocycles. The number of halogens is 1. The molecule has 0 saturated heterocycles. The third-order valence-corrected chi connectivity index (χ3v) is 2.94. The molecule has 1 atom stereocenters. The average molecular weight is 329 g/mol. The Bertz CT molecular complexity index is 530. The summed E-state index contributed by atoms with van der Waals surface area (Å²) >= 11 is 3.27. The van der Waals surface area contributed by atoms with E-state index in [-0.39, 0.29) is 0 Å². The first-order valence-electron chi connectivity index (χ1n) is 5.39. The summed E-state index contributed by atoms with van der Waals surface area (Å²) in [6, 6.07) is 3.65. The zero-order valence-corrected chi connectivity index (χ0v) is 11.7. The Morgan fingerprint density at radius 1 is 1.42 bits per heavy atom. The molecule has 0 aliphatic heterocycles. The quantitative estimate of drug-likeness (QED) is 0.743. The van der Waals surface area contributed by atoms with Gasteiger partial charge in [-0.2, -0.15) is 0 Å². The minimum atomic E-state index is -1.33. The highest BCUT2D eigenvalue weighted by Crippen LogP contribution is 2.16. The summed E-state index contributed by atoms with van der Waals surface area (Å²) < 4.78 is 0.813. The summed E-state index contributed by atoms with van der Waals surface area (Å²) in [5.74, 6) is -2.65. The van der Waals surface area contributed by atoms with Crippen molar-refractivity contribution in [1.82, 2.24) is 5.32 Å². The van der Waals surface area contributed by atoms with Gasteiger partial charge in [-0.1, -0.05) is 15.9 Å². The third-order valence-electron chi connectivity index (χ3n) is 2.44. The van der Waals surface area contributed by atoms with Crippen molar-refractivity contribution in [1.29, 1.82) is 0 Å². The molecule has 0 bridgehead atoms. The highest BCUT2D eigenvalue weighted by Gasteiger charge is 2.23. The molecule has 1 aromatic carbocycles. The lowest BCUT2D eigenvalue weighted by Crippen LogP contribution is -2.43. The van der Waals surface area contributed by atoms with Crippen LogP contribution >= 0.6 is 15.9 Å². The summed E-state index contributed by atoms with van der Waals surface area (Å²) in [6.45, 7) is 1.73. The summed E-state index contributed by atoms with van der Waals surface area (Å²) in [6.07, 6.45) is -0.448. The molecule has 19 heavy (non-hydrogen) atoms. The molecule has 1 rings (SSSR count). The Hall–Kier alpha value is -1.89. The van der Waals surface area contributed by atoms with Gasteiger partial charge in [0.05, 0.1) is 6.42 Å². The van der Waals surface area contributed by atoms with E-state index in [9.17, 15) is 14.4 Å². The van der Waals surface area contributed by atoms with Crippen LogP contribution in [0.2, 0.25) is 0 Å². The molecule has 0 saturated carbocycles. The van der Waals surface area contributed by atoms with Gasteiger partial charge in [-0.25, -0.2) is 4.79 Å². The van der Waals surface area contributed by atoms with Crippen LogP contribution in [-0.4, -0.2) is 28.9 Å². The summed E-state index contributed by atoms with van der Waals surface area (Å²) in [4.78, 5) is 33.6. The topological polar surface area (TPSA) is 109 Å². The lowest BCUT2D eigenvalue weighted by Gasteiger charge is -2.14. The fraction of sp³-hybridized carbons (Fsp3) is 0.250. The molecular weight excluding hydrogens is 316 g/mol. The maximum Gasteiger partial charge on any atom is 0.326 e. The van der Waals surface area contributed by atoms with E-state index in [4.69, 9.17) is 10.8 Å². The van der Waals surface area contributed by atoms with Crippen LogP contribution < -0.4 is 11.1 Å². The lowest BCUT2D eigenvalue weighted by molar-refractivity contribution is -0.140. The minimum absolute atomic E-state index is 0.346. The van der Waals surface area contributed by atoms with Gasteiger partial charge in [0.1, 0.15) is 6.04 Å². The molecule has 0 spiro atoms. The molecule has 1 aromatic rings. The van der Waals surface area contributed by atoms with Crippen molar-refractivity contribution in [2.45, 2.75) is 19.4 Å². The van der Waals surface area contributed by atoms with Crippen molar-refractivity contribution in [2.75, 3.05) is 0 Å². The number of aryl methyl sites for hydroxylation is 1. The maximum absolute atomic E-state index is 11.9. The van der Waals surface area contributed by atoms with Gasteiger partial charge in [-0.05, 0) is 30.7 Å². The number of primary amides is 1. The molecule has 6 nitrogen and oxygen atoms in total. The predicted molar refractivity (Wildman–Crippen MR) is 71.6 cm³/mol. The van der Waals surface area contributed by atoms with Gasteiger partial charge in [0, 0.05) is 10.0 Å². The monoisotopic (exact) mass is 328 g/mol. The number of nitrogens with one attached hydrogen (secondary N) is 1. The van der Waals surface area contributed by atoms with E-state index in [0.717, 1.165) is 4.47 Å². The van der Waals surface area contributed by atoms with Crippen LogP contribution in [-0.2, 0) is 9.59 Å². The second-order valence-corrected chi connectivity index (χ2v) is 4.91. The van der Waals surface area contributed by atoms with Gasteiger partial charge < -0.3 is 16.2 Å². The first-order chi connectivity index (χ1) is 8.81. The van der Waals surface area contributed by atoms with Crippen molar-refractivity contribution in [2.24, 2.45) is 5.73 Å². The number of carbonyl (C=O) groups excluding carboxylic acids is 2. The zero-order valence-electron chi connectivity index (χ0n) is 10.1. The van der Waals surface area contributed by atoms with Crippen LogP contribution in [0, 0.1) is 6.92 Å². The van der Waals surface area contributed by atoms with Crippen molar-refractivity contribution in [3.8, 4) is 0 Å². The lowest BCUT2D eigenvalue weighted by atomic mass is 10.1. The second-order valence-electron chi connectivity index (χ2n) is 3.99. The molecule has 102 valence electrons. The first kappa shape index (κ1) is 15.2. The highest BCUT2D eigenvalue weighted by atomic mass is 79.9. The van der Waals surface area contributed by atoms with Crippen molar-refractivity contribution >= 4 is 33.7 Å². The number of carboxylic acid groups (broad SMARTS) is 1. The number of aliphatic carboxylic acids is 1. The van der Waals surface area contributed by atoms with E-state index >= 15 is 0 Å². The number of hydrogen-bond acceptors (Lipinski definition) is 3. The number of carboxylic acids is 1. The highest BCUT2D eigenvalue weighted by molar-refractivity contribution is 9.10. The van der Waals surface area contributed by atoms with Gasteiger partial charge >= 0.3 is 5.97 Å². The number of hydrogen-bond donors (Lipinski definition) is 3. The number of amides is 2. The molecule has 4 N–H and O–H groups in total. The van der Waals surface area contributed by atoms with E-state index in [1.54, 1.807) is 25.1 Å². The van der Waals surface area contributed by atoms with Crippen molar-refractivity contribution < 1.29 is 19.5 Å². The van der Waals surface area contributed by atoms with Gasteiger partial charge in [0.2, 0.25) is 5.91 Å². The van der Waals surface area contributed by atoms with Gasteiger partial charge in [0.25, 0.3) is 5.91 Å². The molecule has 7 heteroatoms. The fourth-order valence-electron chi connectivity index (χ4n) is 1.52. The van der Waals surface area contributed by atoms with Crippen LogP contribution in [0.1, 0.15) is 22.3 Å². The van der Waals surface area contributed by atoms with Crippen LogP contribution in [0.4, 0.5) is 0 Å². The molecular formula is C12H13BrN2O4. The van der Waals surface area contributed by atoms with E-state index in [0.29, 0.717) is 11.1 Å². The number of nitrogens with two attached hydrogens (primary N) is 1. The maximum atomic E-state index is 11.9. The van der Waals surface area contributed by atoms with Crippen molar-refractivity contribution in [3.63, 3.8) is 0 Å². The molecule has 0 radical (unpaired) electrons. The average Bonchev–Trinajstić information content (AvgIpc) is 2.26. The van der Waals surface area contributed by atoms with Crippen molar-refractivity contribution in [3.05, 3.63) is 33.8 Å². The van der Waals surface area contributed by atoms with E-state index < -0.39 is 30.2 Å². The van der Waals surface area contributed by atoms with Gasteiger partial charge in [-0.15, -0.1) is 0 Å². The summed E-state index contributed by atoms with van der Waals surface area (Å²) in [5, 5.41) is 11.2. The normalized spacial score (nSPS) is 11.7. The summed E-state index contributed by atoms with van der Waals surface area (Å²) in [5.41, 5.74) is 5.97. The first-order valence-corrected chi connectivity index (χ1v) is 6.18. The standard InChI is InChI=1S/C12H13BrN2O4/c1-6-4-7(13)2-3-8(6)11(17)15-9(12(18)19)5-10(14)16/h2-4,9H,5H2,1H3,(H2,14,16)(H,15,17)(H,18,19). The minimum Gasteiger partial charge on any atom is -0.480 e. The Labute approximate surface area is 118 Å². The Morgan fingerprint density at radius 3 is 2.53 bits per heavy atom. The Balaban J connectivity index is 2.87. The molecule has 0 aromatic heterocycles. The molecule has 0 fully saturated rings. The van der Waals surface area contributed by atoms with Gasteiger partial charge in [-0.3, -0.25) is 9.59 Å². The fourth-order valence-corrected chi connectivity index (χ4v) is 1.99. The largest absolute Gasteiger partial charge is 0.480 e. The Kier molecular flexibility index (Phi) is 5.05. The predicted octanol–water partition coefficient (Wildman–Crippen LogP) is 0.816. The molecule has 0 aliphatic rings. The van der Waals surface area contributed by atoms with Gasteiger partial charge in [0.15, 0.2) is 0 Å². The second kappa shape index (κ2) is 6.33. The number of rotatable bonds is 5. The number of carbonyl (C=O) groups is 3. The third kappa shape index (κ3) is 4.36.